The number of piperidine rings is 1. The second-order valence-corrected chi connectivity index (χ2v) is 9.15. The Morgan fingerprint density at radius 1 is 1.09 bits per heavy atom. The number of allylic oxidation sites excluding steroid dienone is 4. The van der Waals surface area contributed by atoms with Gasteiger partial charge in [0.2, 0.25) is 11.7 Å². The molecule has 184 valence electrons. The van der Waals surface area contributed by atoms with Crippen molar-refractivity contribution < 1.29 is 19.6 Å². The van der Waals surface area contributed by atoms with Gasteiger partial charge in [0.15, 0.2) is 0 Å². The maximum absolute atomic E-state index is 12.5. The van der Waals surface area contributed by atoms with Gasteiger partial charge >= 0.3 is 0 Å². The molecule has 1 aromatic rings. The molecule has 6 N–H and O–H groups in total. The minimum absolute atomic E-state index is 0.0165. The molecule has 1 saturated heterocycles. The van der Waals surface area contributed by atoms with Crippen LogP contribution in [0.15, 0.2) is 82.7 Å². The fourth-order valence-electron chi connectivity index (χ4n) is 5.01. The van der Waals surface area contributed by atoms with Crippen LogP contribution in [-0.4, -0.2) is 48.2 Å². The average Bonchev–Trinajstić information content (AvgIpc) is 2.89. The summed E-state index contributed by atoms with van der Waals surface area (Å²) in [6.07, 6.45) is 9.23. The highest BCUT2D eigenvalue weighted by Crippen LogP contribution is 2.27. The van der Waals surface area contributed by atoms with Crippen molar-refractivity contribution in [3.05, 3.63) is 77.7 Å². The Morgan fingerprint density at radius 2 is 1.83 bits per heavy atom. The van der Waals surface area contributed by atoms with E-state index in [1.807, 2.05) is 47.4 Å². The SMILES string of the molecule is C=CC(=O)N1CCC(C2CCN=C(C(C(N)=O)=C(N)C3=CC=C(Oc4ccccc4)CC3)[NH2+]2)CC1. The Bertz CT molecular complexity index is 1100. The zero-order valence-corrected chi connectivity index (χ0v) is 20.0. The third-order valence-electron chi connectivity index (χ3n) is 6.97. The number of likely N-dealkylation sites (tertiary alicyclic amines) is 1. The molecule has 0 radical (unpaired) electrons. The number of nitrogens with zero attached hydrogens (tertiary/aromatic N) is 2. The fourth-order valence-corrected chi connectivity index (χ4v) is 5.01. The van der Waals surface area contributed by atoms with Gasteiger partial charge in [-0.2, -0.15) is 0 Å². The number of hydrogen-bond acceptors (Lipinski definition) is 5. The van der Waals surface area contributed by atoms with Crippen LogP contribution in [0.5, 0.6) is 5.75 Å². The van der Waals surface area contributed by atoms with Crippen molar-refractivity contribution in [2.45, 2.75) is 38.1 Å². The van der Waals surface area contributed by atoms with Crippen LogP contribution in [0.3, 0.4) is 0 Å². The first kappa shape index (κ1) is 24.5. The van der Waals surface area contributed by atoms with Gasteiger partial charge in [0.05, 0.1) is 18.3 Å². The number of primary amides is 1. The molecule has 35 heavy (non-hydrogen) atoms. The molecule has 2 amide bonds. The number of rotatable bonds is 7. The number of ether oxygens (including phenoxy) is 1. The molecule has 2 aliphatic heterocycles. The van der Waals surface area contributed by atoms with E-state index < -0.39 is 5.91 Å². The summed E-state index contributed by atoms with van der Waals surface area (Å²) in [5.74, 6) is 2.06. The van der Waals surface area contributed by atoms with Crippen LogP contribution >= 0.6 is 0 Å². The molecule has 1 unspecified atom stereocenters. The normalized spacial score (nSPS) is 21.8. The van der Waals surface area contributed by atoms with Gasteiger partial charge in [0.25, 0.3) is 5.91 Å². The van der Waals surface area contributed by atoms with Gasteiger partial charge in [0, 0.05) is 31.8 Å². The first-order valence-electron chi connectivity index (χ1n) is 12.2. The number of carbonyl (C=O) groups excluding carboxylic acids is 2. The fraction of sp³-hybridized carbons (Fsp3) is 0.370. The lowest BCUT2D eigenvalue weighted by Crippen LogP contribution is -2.96. The van der Waals surface area contributed by atoms with Gasteiger partial charge in [-0.1, -0.05) is 30.9 Å². The molecule has 0 spiro atoms. The summed E-state index contributed by atoms with van der Waals surface area (Å²) in [4.78, 5) is 30.8. The van der Waals surface area contributed by atoms with E-state index in [9.17, 15) is 9.59 Å². The predicted octanol–water partition coefficient (Wildman–Crippen LogP) is 1.53. The lowest BCUT2D eigenvalue weighted by atomic mass is 9.86. The minimum atomic E-state index is -0.569. The number of amidine groups is 1. The first-order chi connectivity index (χ1) is 17.0. The number of carbonyl (C=O) groups is 2. The number of quaternary nitrogens is 1. The van der Waals surface area contributed by atoms with Gasteiger partial charge in [-0.05, 0) is 49.1 Å². The summed E-state index contributed by atoms with van der Waals surface area (Å²) in [5, 5.41) is 2.06. The largest absolute Gasteiger partial charge is 0.462 e. The molecule has 8 nitrogen and oxygen atoms in total. The molecule has 0 saturated carbocycles. The summed E-state index contributed by atoms with van der Waals surface area (Å²) in [6.45, 7) is 5.65. The molecular weight excluding hydrogens is 442 g/mol. The highest BCUT2D eigenvalue weighted by atomic mass is 16.5. The highest BCUT2D eigenvalue weighted by molar-refractivity contribution is 6.17. The van der Waals surface area contributed by atoms with E-state index >= 15 is 0 Å². The Hall–Kier alpha value is -3.65. The number of aliphatic imine (C=N–C) groups is 1. The van der Waals surface area contributed by atoms with E-state index in [0.717, 1.165) is 49.4 Å². The standard InChI is InChI=1S/C27H33N5O3/c1-2-23(33)32-16-13-18(14-17-32)22-12-15-30-27(31-22)24(26(29)34)25(28)19-8-10-21(11-9-19)35-20-6-4-3-5-7-20/h2-8,10,18,22H,1,9,11-17,28H2,(H2,29,34)(H,30,31)/p+1. The number of para-hydroxylation sites is 1. The van der Waals surface area contributed by atoms with E-state index in [1.54, 1.807) is 0 Å². The molecule has 1 aromatic carbocycles. The monoisotopic (exact) mass is 476 g/mol. The molecule has 4 rings (SSSR count). The number of hydrogen-bond donors (Lipinski definition) is 3. The van der Waals surface area contributed by atoms with Gasteiger partial charge in [-0.3, -0.25) is 14.9 Å². The second-order valence-electron chi connectivity index (χ2n) is 9.15. The molecule has 0 bridgehead atoms. The van der Waals surface area contributed by atoms with Crippen LogP contribution in [0.4, 0.5) is 0 Å². The van der Waals surface area contributed by atoms with E-state index in [-0.39, 0.29) is 11.9 Å². The number of amides is 2. The Kier molecular flexibility index (Phi) is 7.82. The van der Waals surface area contributed by atoms with Crippen LogP contribution in [-0.2, 0) is 9.59 Å². The smallest absolute Gasteiger partial charge is 0.258 e. The van der Waals surface area contributed by atoms with Crippen LogP contribution < -0.4 is 21.5 Å². The Labute approximate surface area is 206 Å². The zero-order valence-electron chi connectivity index (χ0n) is 20.0. The van der Waals surface area contributed by atoms with E-state index in [1.165, 1.54) is 6.08 Å². The third-order valence-corrected chi connectivity index (χ3v) is 6.97. The predicted molar refractivity (Wildman–Crippen MR) is 135 cm³/mol. The van der Waals surface area contributed by atoms with Crippen molar-refractivity contribution in [3.8, 4) is 5.75 Å². The number of benzene rings is 1. The lowest BCUT2D eigenvalue weighted by molar-refractivity contribution is -0.594. The molecule has 0 aromatic heterocycles. The summed E-state index contributed by atoms with van der Waals surface area (Å²) in [7, 11) is 0. The number of nitrogens with two attached hydrogens (primary N) is 3. The van der Waals surface area contributed by atoms with Crippen molar-refractivity contribution in [2.75, 3.05) is 19.6 Å². The Morgan fingerprint density at radius 3 is 2.46 bits per heavy atom. The van der Waals surface area contributed by atoms with E-state index in [0.29, 0.717) is 42.4 Å². The maximum atomic E-state index is 12.5. The zero-order chi connectivity index (χ0) is 24.8. The van der Waals surface area contributed by atoms with Crippen LogP contribution in [0.1, 0.15) is 32.1 Å². The molecule has 2 heterocycles. The van der Waals surface area contributed by atoms with Crippen LogP contribution in [0.2, 0.25) is 0 Å². The van der Waals surface area contributed by atoms with Gasteiger partial charge in [-0.25, -0.2) is 4.99 Å². The van der Waals surface area contributed by atoms with Gasteiger partial charge < -0.3 is 21.1 Å². The van der Waals surface area contributed by atoms with Crippen molar-refractivity contribution in [1.29, 1.82) is 0 Å². The van der Waals surface area contributed by atoms with Crippen LogP contribution in [0.25, 0.3) is 0 Å². The van der Waals surface area contributed by atoms with Gasteiger partial charge in [-0.15, -0.1) is 0 Å². The van der Waals surface area contributed by atoms with Crippen molar-refractivity contribution in [2.24, 2.45) is 22.4 Å². The molecule has 3 aliphatic rings. The molecule has 1 atom stereocenters. The highest BCUT2D eigenvalue weighted by Gasteiger charge is 2.35. The van der Waals surface area contributed by atoms with Crippen LogP contribution in [0, 0.1) is 5.92 Å². The topological polar surface area (TPSA) is 128 Å². The molecular formula is C27H34N5O3+. The summed E-state index contributed by atoms with van der Waals surface area (Å²) in [5.41, 5.74) is 13.8. The van der Waals surface area contributed by atoms with E-state index in [4.69, 9.17) is 16.2 Å². The molecule has 1 aliphatic carbocycles. The van der Waals surface area contributed by atoms with Crippen molar-refractivity contribution >= 4 is 17.6 Å². The minimum Gasteiger partial charge on any atom is -0.462 e. The summed E-state index contributed by atoms with van der Waals surface area (Å²) >= 11 is 0. The average molecular weight is 477 g/mol. The van der Waals surface area contributed by atoms with E-state index in [2.05, 4.69) is 16.9 Å². The summed E-state index contributed by atoms with van der Waals surface area (Å²) < 4.78 is 5.93. The third kappa shape index (κ3) is 5.89. The first-order valence-corrected chi connectivity index (χ1v) is 12.2. The van der Waals surface area contributed by atoms with Crippen molar-refractivity contribution in [1.82, 2.24) is 4.90 Å². The molecule has 1 fully saturated rings. The quantitative estimate of drug-likeness (QED) is 0.516. The lowest BCUT2D eigenvalue weighted by Gasteiger charge is -2.35. The summed E-state index contributed by atoms with van der Waals surface area (Å²) in [6, 6.07) is 9.90. The molecule has 8 heteroatoms. The van der Waals surface area contributed by atoms with Gasteiger partial charge in [0.1, 0.15) is 17.1 Å². The second kappa shape index (κ2) is 11.2. The maximum Gasteiger partial charge on any atom is 0.258 e. The Balaban J connectivity index is 1.46. The van der Waals surface area contributed by atoms with Crippen molar-refractivity contribution in [3.63, 3.8) is 0 Å².